The maximum absolute atomic E-state index is 13.0. The summed E-state index contributed by atoms with van der Waals surface area (Å²) in [4.78, 5) is 30.1. The Bertz CT molecular complexity index is 1430. The summed E-state index contributed by atoms with van der Waals surface area (Å²) in [5, 5.41) is 1.41. The van der Waals surface area contributed by atoms with Crippen LogP contribution in [0.3, 0.4) is 0 Å². The molecule has 0 atom stereocenters. The minimum Gasteiger partial charge on any atom is -0.267 e. The smallest absolute Gasteiger partial charge is 0.267 e. The van der Waals surface area contributed by atoms with E-state index < -0.39 is 0 Å². The molecule has 2 aromatic heterocycles. The van der Waals surface area contributed by atoms with E-state index in [0.29, 0.717) is 42.2 Å². The Morgan fingerprint density at radius 2 is 1.79 bits per heavy atom. The molecule has 0 bridgehead atoms. The van der Waals surface area contributed by atoms with Gasteiger partial charge >= 0.3 is 0 Å². The summed E-state index contributed by atoms with van der Waals surface area (Å²) in [6, 6.07) is 12.4. The molecule has 0 fully saturated rings. The van der Waals surface area contributed by atoms with Gasteiger partial charge in [-0.25, -0.2) is 0 Å². The molecule has 0 spiro atoms. The number of fused-ring (bicyclic) bond motifs is 1. The molecule has 0 aliphatic carbocycles. The van der Waals surface area contributed by atoms with Crippen LogP contribution in [0.1, 0.15) is 22.4 Å². The Labute approximate surface area is 184 Å². The van der Waals surface area contributed by atoms with Crippen LogP contribution in [0.5, 0.6) is 0 Å². The van der Waals surface area contributed by atoms with Crippen molar-refractivity contribution in [2.45, 2.75) is 13.3 Å². The third-order valence-corrected chi connectivity index (χ3v) is 6.68. The predicted octanol–water partition coefficient (Wildman–Crippen LogP) is 4.52. The van der Waals surface area contributed by atoms with Gasteiger partial charge < -0.3 is 0 Å². The normalized spacial score (nSPS) is 12.1. The van der Waals surface area contributed by atoms with Crippen LogP contribution in [0.15, 0.2) is 52.1 Å². The molecule has 146 valence electrons. The van der Waals surface area contributed by atoms with Crippen molar-refractivity contribution in [2.75, 3.05) is 0 Å². The number of aromatic nitrogens is 2. The standard InChI is InChI=1S/C21H13Cl3N2O2S/c1-11-14(10-13-4-2-3-5-15(13)22)19(27)25-21-26(11)20(28)18(29-21)9-12-6-7-16(23)17(24)8-12/h2-9H,10H2,1H3/b18-9+. The zero-order chi connectivity index (χ0) is 20.7. The Morgan fingerprint density at radius 3 is 2.52 bits per heavy atom. The summed E-state index contributed by atoms with van der Waals surface area (Å²) in [7, 11) is 0. The lowest BCUT2D eigenvalue weighted by Gasteiger charge is -2.07. The van der Waals surface area contributed by atoms with Gasteiger partial charge in [0.25, 0.3) is 11.1 Å². The molecule has 8 heteroatoms. The molecule has 4 rings (SSSR count). The minimum absolute atomic E-state index is 0.235. The molecular formula is C21H13Cl3N2O2S. The van der Waals surface area contributed by atoms with Gasteiger partial charge in [-0.1, -0.05) is 70.4 Å². The van der Waals surface area contributed by atoms with Crippen molar-refractivity contribution >= 4 is 57.2 Å². The molecule has 0 unspecified atom stereocenters. The largest absolute Gasteiger partial charge is 0.277 e. The van der Waals surface area contributed by atoms with Crippen molar-refractivity contribution in [2.24, 2.45) is 0 Å². The summed E-state index contributed by atoms with van der Waals surface area (Å²) >= 11 is 19.4. The zero-order valence-electron chi connectivity index (χ0n) is 15.1. The molecule has 2 heterocycles. The van der Waals surface area contributed by atoms with E-state index in [1.165, 1.54) is 4.40 Å². The highest BCUT2D eigenvalue weighted by Gasteiger charge is 2.15. The lowest BCUT2D eigenvalue weighted by molar-refractivity contribution is 0.940. The van der Waals surface area contributed by atoms with Gasteiger partial charge in [0, 0.05) is 22.7 Å². The van der Waals surface area contributed by atoms with E-state index in [1.807, 2.05) is 18.2 Å². The highest BCUT2D eigenvalue weighted by molar-refractivity contribution is 7.15. The molecule has 2 aromatic carbocycles. The van der Waals surface area contributed by atoms with Gasteiger partial charge in [0.15, 0.2) is 0 Å². The van der Waals surface area contributed by atoms with Gasteiger partial charge in [-0.2, -0.15) is 4.98 Å². The molecule has 0 radical (unpaired) electrons. The Kier molecular flexibility index (Phi) is 5.49. The molecular weight excluding hydrogens is 451 g/mol. The summed E-state index contributed by atoms with van der Waals surface area (Å²) in [6.07, 6.45) is 2.02. The second kappa shape index (κ2) is 7.92. The fraction of sp³-hybridized carbons (Fsp3) is 0.0952. The van der Waals surface area contributed by atoms with Crippen LogP contribution in [-0.2, 0) is 6.42 Å². The highest BCUT2D eigenvalue weighted by Crippen LogP contribution is 2.23. The van der Waals surface area contributed by atoms with E-state index in [-0.39, 0.29) is 11.1 Å². The van der Waals surface area contributed by atoms with Crippen molar-refractivity contribution in [3.63, 3.8) is 0 Å². The van der Waals surface area contributed by atoms with Crippen LogP contribution in [-0.4, -0.2) is 9.38 Å². The maximum Gasteiger partial charge on any atom is 0.277 e. The number of aryl methyl sites for hydroxylation is 1. The van der Waals surface area contributed by atoms with Crippen LogP contribution >= 0.6 is 46.1 Å². The fourth-order valence-electron chi connectivity index (χ4n) is 3.08. The number of hydrogen-bond acceptors (Lipinski definition) is 4. The first-order chi connectivity index (χ1) is 13.8. The lowest BCUT2D eigenvalue weighted by Crippen LogP contribution is -2.27. The van der Waals surface area contributed by atoms with Crippen LogP contribution in [0, 0.1) is 6.92 Å². The van der Waals surface area contributed by atoms with Crippen molar-refractivity contribution < 1.29 is 0 Å². The molecule has 0 aliphatic heterocycles. The summed E-state index contributed by atoms with van der Waals surface area (Å²) in [6.45, 7) is 1.75. The first-order valence-electron chi connectivity index (χ1n) is 8.60. The lowest BCUT2D eigenvalue weighted by atomic mass is 10.1. The molecule has 4 aromatic rings. The van der Waals surface area contributed by atoms with Crippen molar-refractivity contribution in [1.82, 2.24) is 9.38 Å². The third-order valence-electron chi connectivity index (χ3n) is 4.60. The molecule has 0 saturated carbocycles. The van der Waals surface area contributed by atoms with Gasteiger partial charge in [0.1, 0.15) is 0 Å². The van der Waals surface area contributed by atoms with Gasteiger partial charge in [-0.05, 0) is 42.3 Å². The van der Waals surface area contributed by atoms with Crippen LogP contribution in [0.25, 0.3) is 11.0 Å². The van der Waals surface area contributed by atoms with Gasteiger partial charge in [0.2, 0.25) is 4.96 Å². The SMILES string of the molecule is Cc1c(Cc2ccccc2Cl)c(=O)nc2s/c(=C/c3ccc(Cl)c(Cl)c3)c(=O)n12. The van der Waals surface area contributed by atoms with Gasteiger partial charge in [-0.15, -0.1) is 0 Å². The van der Waals surface area contributed by atoms with Gasteiger partial charge in [0.05, 0.1) is 14.6 Å². The van der Waals surface area contributed by atoms with E-state index >= 15 is 0 Å². The first kappa shape index (κ1) is 20.1. The average molecular weight is 464 g/mol. The van der Waals surface area contributed by atoms with E-state index in [2.05, 4.69) is 4.98 Å². The maximum atomic E-state index is 13.0. The first-order valence-corrected chi connectivity index (χ1v) is 10.6. The number of nitrogens with zero attached hydrogens (tertiary/aromatic N) is 2. The van der Waals surface area contributed by atoms with Crippen LogP contribution in [0.2, 0.25) is 15.1 Å². The highest BCUT2D eigenvalue weighted by atomic mass is 35.5. The molecule has 0 saturated heterocycles. The predicted molar refractivity (Wildman–Crippen MR) is 120 cm³/mol. The summed E-state index contributed by atoms with van der Waals surface area (Å²) < 4.78 is 1.93. The van der Waals surface area contributed by atoms with Crippen LogP contribution < -0.4 is 15.7 Å². The Balaban J connectivity index is 1.89. The van der Waals surface area contributed by atoms with Crippen molar-refractivity contribution in [1.29, 1.82) is 0 Å². The van der Waals surface area contributed by atoms with Crippen LogP contribution in [0.4, 0.5) is 0 Å². The zero-order valence-corrected chi connectivity index (χ0v) is 18.2. The third kappa shape index (κ3) is 3.83. The van der Waals surface area contributed by atoms with E-state index in [4.69, 9.17) is 34.8 Å². The Hall–Kier alpha value is -2.18. The monoisotopic (exact) mass is 462 g/mol. The molecule has 4 nitrogen and oxygen atoms in total. The quantitative estimate of drug-likeness (QED) is 0.449. The summed E-state index contributed by atoms with van der Waals surface area (Å²) in [5.74, 6) is 0. The summed E-state index contributed by atoms with van der Waals surface area (Å²) in [5.41, 5.74) is 1.97. The molecule has 0 amide bonds. The van der Waals surface area contributed by atoms with E-state index in [0.717, 1.165) is 22.5 Å². The molecule has 29 heavy (non-hydrogen) atoms. The van der Waals surface area contributed by atoms with Crippen molar-refractivity contribution in [3.8, 4) is 0 Å². The average Bonchev–Trinajstić information content (AvgIpc) is 2.98. The number of hydrogen-bond donors (Lipinski definition) is 0. The van der Waals surface area contributed by atoms with Crippen molar-refractivity contribution in [3.05, 3.63) is 105 Å². The number of rotatable bonds is 3. The van der Waals surface area contributed by atoms with E-state index in [9.17, 15) is 9.59 Å². The number of thiazole rings is 1. The minimum atomic E-state index is -0.357. The van der Waals surface area contributed by atoms with E-state index in [1.54, 1.807) is 37.3 Å². The second-order valence-corrected chi connectivity index (χ2v) is 8.69. The molecule has 0 N–H and O–H groups in total. The number of halogens is 3. The topological polar surface area (TPSA) is 51.4 Å². The van der Waals surface area contributed by atoms with Gasteiger partial charge in [-0.3, -0.25) is 14.0 Å². The fourth-order valence-corrected chi connectivity index (χ4v) is 4.60. The second-order valence-electron chi connectivity index (χ2n) is 6.46. The molecule has 0 aliphatic rings. The Morgan fingerprint density at radius 1 is 1.03 bits per heavy atom. The number of benzene rings is 2.